The summed E-state index contributed by atoms with van der Waals surface area (Å²) in [7, 11) is 0. The Labute approximate surface area is 120 Å². The molecule has 0 aromatic heterocycles. The van der Waals surface area contributed by atoms with Crippen molar-refractivity contribution in [2.45, 2.75) is 26.8 Å². The molecule has 0 spiro atoms. The second kappa shape index (κ2) is 6.06. The van der Waals surface area contributed by atoms with Gasteiger partial charge in [-0.25, -0.2) is 4.39 Å². The van der Waals surface area contributed by atoms with Gasteiger partial charge in [0, 0.05) is 29.5 Å². The van der Waals surface area contributed by atoms with E-state index >= 15 is 0 Å². The minimum absolute atomic E-state index is 0.247. The summed E-state index contributed by atoms with van der Waals surface area (Å²) in [4.78, 5) is 2.09. The summed E-state index contributed by atoms with van der Waals surface area (Å²) < 4.78 is 14.1. The van der Waals surface area contributed by atoms with E-state index in [1.54, 1.807) is 6.07 Å². The van der Waals surface area contributed by atoms with Gasteiger partial charge in [0.1, 0.15) is 5.82 Å². The van der Waals surface area contributed by atoms with Crippen LogP contribution in [0.4, 0.5) is 15.8 Å². The molecule has 2 N–H and O–H groups in total. The van der Waals surface area contributed by atoms with Gasteiger partial charge in [0.05, 0.1) is 0 Å². The van der Waals surface area contributed by atoms with Crippen molar-refractivity contribution in [1.29, 1.82) is 0 Å². The van der Waals surface area contributed by atoms with E-state index < -0.39 is 0 Å². The molecular weight excluding hydrogens is 251 g/mol. The first-order valence-electron chi connectivity index (χ1n) is 6.92. The van der Waals surface area contributed by atoms with Crippen molar-refractivity contribution in [3.05, 3.63) is 59.4 Å². The highest BCUT2D eigenvalue weighted by molar-refractivity contribution is 5.67. The highest BCUT2D eigenvalue weighted by Gasteiger charge is 2.17. The zero-order chi connectivity index (χ0) is 14.7. The Morgan fingerprint density at radius 1 is 1.20 bits per heavy atom. The topological polar surface area (TPSA) is 29.3 Å². The van der Waals surface area contributed by atoms with Crippen LogP contribution in [0.15, 0.2) is 42.5 Å². The van der Waals surface area contributed by atoms with Gasteiger partial charge in [-0.3, -0.25) is 0 Å². The lowest BCUT2D eigenvalue weighted by Crippen LogP contribution is -2.21. The second-order valence-corrected chi connectivity index (χ2v) is 5.04. The average Bonchev–Trinajstić information content (AvgIpc) is 2.39. The van der Waals surface area contributed by atoms with Crippen LogP contribution in [0.5, 0.6) is 0 Å². The summed E-state index contributed by atoms with van der Waals surface area (Å²) in [6.07, 6.45) is 0. The van der Waals surface area contributed by atoms with Crippen molar-refractivity contribution < 1.29 is 4.39 Å². The first kappa shape index (κ1) is 14.5. The zero-order valence-corrected chi connectivity index (χ0v) is 12.2. The lowest BCUT2D eigenvalue weighted by Gasteiger charge is -2.27. The van der Waals surface area contributed by atoms with Crippen molar-refractivity contribution in [2.24, 2.45) is 5.73 Å². The minimum Gasteiger partial charge on any atom is -0.341 e. The first-order chi connectivity index (χ1) is 9.54. The quantitative estimate of drug-likeness (QED) is 0.898. The molecule has 1 atom stereocenters. The van der Waals surface area contributed by atoms with Crippen LogP contribution in [-0.4, -0.2) is 6.54 Å². The molecule has 106 valence electrons. The number of hydrogen-bond acceptors (Lipinski definition) is 2. The molecule has 0 unspecified atom stereocenters. The zero-order valence-electron chi connectivity index (χ0n) is 12.2. The van der Waals surface area contributed by atoms with Crippen LogP contribution in [-0.2, 0) is 0 Å². The molecule has 2 nitrogen and oxygen atoms in total. The van der Waals surface area contributed by atoms with E-state index in [9.17, 15) is 4.39 Å². The van der Waals surface area contributed by atoms with Gasteiger partial charge >= 0.3 is 0 Å². The van der Waals surface area contributed by atoms with Gasteiger partial charge in [0.25, 0.3) is 0 Å². The Balaban J connectivity index is 2.55. The van der Waals surface area contributed by atoms with Crippen molar-refractivity contribution >= 4 is 11.4 Å². The van der Waals surface area contributed by atoms with Crippen LogP contribution in [0, 0.1) is 12.7 Å². The molecule has 0 aliphatic rings. The maximum Gasteiger partial charge on any atom is 0.130 e. The number of nitrogens with two attached hydrogens (primary N) is 1. The van der Waals surface area contributed by atoms with Gasteiger partial charge in [0.2, 0.25) is 0 Å². The van der Waals surface area contributed by atoms with E-state index in [0.29, 0.717) is 5.56 Å². The van der Waals surface area contributed by atoms with E-state index in [4.69, 9.17) is 5.73 Å². The largest absolute Gasteiger partial charge is 0.341 e. The Bertz CT molecular complexity index is 593. The SMILES string of the molecule is CCN(c1cccc(C)c1)c1cccc(F)c1[C@@H](C)N. The molecule has 2 aromatic carbocycles. The number of benzene rings is 2. The molecule has 2 rings (SSSR count). The molecular formula is C17H21FN2. The summed E-state index contributed by atoms with van der Waals surface area (Å²) in [6.45, 7) is 6.67. The fourth-order valence-corrected chi connectivity index (χ4v) is 2.50. The second-order valence-electron chi connectivity index (χ2n) is 5.04. The third-order valence-corrected chi connectivity index (χ3v) is 3.41. The molecule has 0 bridgehead atoms. The summed E-state index contributed by atoms with van der Waals surface area (Å²) in [6, 6.07) is 13.0. The fraction of sp³-hybridized carbons (Fsp3) is 0.294. The van der Waals surface area contributed by atoms with Gasteiger partial charge in [-0.2, -0.15) is 0 Å². The van der Waals surface area contributed by atoms with E-state index in [0.717, 1.165) is 17.9 Å². The van der Waals surface area contributed by atoms with Crippen molar-refractivity contribution in [3.63, 3.8) is 0 Å². The Morgan fingerprint density at radius 3 is 2.50 bits per heavy atom. The Morgan fingerprint density at radius 2 is 1.90 bits per heavy atom. The van der Waals surface area contributed by atoms with E-state index in [2.05, 4.69) is 30.9 Å². The molecule has 0 aliphatic carbocycles. The van der Waals surface area contributed by atoms with Gasteiger partial charge in [-0.15, -0.1) is 0 Å². The predicted molar refractivity (Wildman–Crippen MR) is 82.9 cm³/mol. The third-order valence-electron chi connectivity index (χ3n) is 3.41. The number of nitrogens with zero attached hydrogens (tertiary/aromatic N) is 1. The van der Waals surface area contributed by atoms with E-state index in [1.165, 1.54) is 11.6 Å². The summed E-state index contributed by atoms with van der Waals surface area (Å²) in [5.74, 6) is -0.247. The van der Waals surface area contributed by atoms with Crippen molar-refractivity contribution in [1.82, 2.24) is 0 Å². The molecule has 3 heteroatoms. The predicted octanol–water partition coefficient (Wildman–Crippen LogP) is 4.31. The molecule has 0 radical (unpaired) electrons. The summed E-state index contributed by atoms with van der Waals surface area (Å²) in [5, 5.41) is 0. The molecule has 0 aliphatic heterocycles. The number of rotatable bonds is 4. The Hall–Kier alpha value is -1.87. The highest BCUT2D eigenvalue weighted by Crippen LogP contribution is 2.33. The van der Waals surface area contributed by atoms with Gasteiger partial charge in [0.15, 0.2) is 0 Å². The Kier molecular flexibility index (Phi) is 4.40. The van der Waals surface area contributed by atoms with Gasteiger partial charge in [-0.1, -0.05) is 18.2 Å². The van der Waals surface area contributed by atoms with Crippen LogP contribution in [0.2, 0.25) is 0 Å². The number of halogens is 1. The molecule has 0 saturated carbocycles. The molecule has 0 saturated heterocycles. The standard InChI is InChI=1S/C17H21FN2/c1-4-20(14-8-5-7-12(2)11-14)16-10-6-9-15(18)17(16)13(3)19/h5-11,13H,4,19H2,1-3H3/t13-/m1/s1. The summed E-state index contributed by atoms with van der Waals surface area (Å²) in [5.41, 5.74) is 9.59. The molecule has 0 amide bonds. The number of aryl methyl sites for hydroxylation is 1. The molecule has 2 aromatic rings. The minimum atomic E-state index is -0.343. The number of hydrogen-bond donors (Lipinski definition) is 1. The maximum absolute atomic E-state index is 14.1. The van der Waals surface area contributed by atoms with E-state index in [-0.39, 0.29) is 11.9 Å². The smallest absolute Gasteiger partial charge is 0.130 e. The van der Waals surface area contributed by atoms with Crippen molar-refractivity contribution in [2.75, 3.05) is 11.4 Å². The lowest BCUT2D eigenvalue weighted by molar-refractivity contribution is 0.593. The molecule has 20 heavy (non-hydrogen) atoms. The van der Waals surface area contributed by atoms with Crippen LogP contribution in [0.3, 0.4) is 0 Å². The van der Waals surface area contributed by atoms with E-state index in [1.807, 2.05) is 25.1 Å². The maximum atomic E-state index is 14.1. The van der Waals surface area contributed by atoms with Crippen LogP contribution in [0.1, 0.15) is 31.0 Å². The number of anilines is 2. The molecule has 0 heterocycles. The highest BCUT2D eigenvalue weighted by atomic mass is 19.1. The average molecular weight is 272 g/mol. The molecule has 0 fully saturated rings. The summed E-state index contributed by atoms with van der Waals surface area (Å²) >= 11 is 0. The third kappa shape index (κ3) is 2.83. The van der Waals surface area contributed by atoms with Crippen LogP contribution in [0.25, 0.3) is 0 Å². The van der Waals surface area contributed by atoms with Crippen molar-refractivity contribution in [3.8, 4) is 0 Å². The lowest BCUT2D eigenvalue weighted by atomic mass is 10.0. The van der Waals surface area contributed by atoms with Gasteiger partial charge < -0.3 is 10.6 Å². The van der Waals surface area contributed by atoms with Crippen LogP contribution >= 0.6 is 0 Å². The van der Waals surface area contributed by atoms with Crippen LogP contribution < -0.4 is 10.6 Å². The van der Waals surface area contributed by atoms with Gasteiger partial charge in [-0.05, 0) is 50.6 Å². The first-order valence-corrected chi connectivity index (χ1v) is 6.92. The normalized spacial score (nSPS) is 12.2. The fourth-order valence-electron chi connectivity index (χ4n) is 2.50. The monoisotopic (exact) mass is 272 g/mol.